The largest absolute Gasteiger partial charge is 0.334 e. The minimum Gasteiger partial charge on any atom is -0.334 e. The summed E-state index contributed by atoms with van der Waals surface area (Å²) in [5, 5.41) is 6.36. The van der Waals surface area contributed by atoms with Crippen molar-refractivity contribution < 1.29 is 13.2 Å². The molecule has 0 aliphatic carbocycles. The van der Waals surface area contributed by atoms with Crippen molar-refractivity contribution in [1.82, 2.24) is 15.1 Å². The maximum absolute atomic E-state index is 12.5. The van der Waals surface area contributed by atoms with Crippen LogP contribution in [0.2, 0.25) is 0 Å². The summed E-state index contributed by atoms with van der Waals surface area (Å²) in [4.78, 5) is 14.0. The van der Waals surface area contributed by atoms with Gasteiger partial charge in [-0.15, -0.1) is 0 Å². The van der Waals surface area contributed by atoms with E-state index >= 15 is 0 Å². The molecule has 8 heteroatoms. The Morgan fingerprint density at radius 1 is 1.45 bits per heavy atom. The molecule has 20 heavy (non-hydrogen) atoms. The number of aromatic nitrogens is 2. The molecule has 1 fully saturated rings. The van der Waals surface area contributed by atoms with Gasteiger partial charge in [0, 0.05) is 23.3 Å². The van der Waals surface area contributed by atoms with E-state index in [1.54, 1.807) is 4.90 Å². The fourth-order valence-corrected chi connectivity index (χ4v) is 4.05. The van der Waals surface area contributed by atoms with Gasteiger partial charge in [-0.2, -0.15) is 5.10 Å². The zero-order valence-corrected chi connectivity index (χ0v) is 13.3. The summed E-state index contributed by atoms with van der Waals surface area (Å²) >= 11 is 0. The number of aryl methyl sites for hydroxylation is 1. The van der Waals surface area contributed by atoms with Crippen LogP contribution in [-0.4, -0.2) is 42.0 Å². The SMILES string of the molecule is Cc1[nH]nc(C(=O)N2CCC(C)CC2C)c1S(=O)(=O)Cl. The molecule has 2 heterocycles. The Labute approximate surface area is 122 Å². The number of aromatic amines is 1. The Bertz CT molecular complexity index is 626. The highest BCUT2D eigenvalue weighted by atomic mass is 35.7. The van der Waals surface area contributed by atoms with Gasteiger partial charge in [0.05, 0.1) is 5.69 Å². The monoisotopic (exact) mass is 319 g/mol. The molecule has 0 radical (unpaired) electrons. The first-order valence-corrected chi connectivity index (χ1v) is 8.83. The van der Waals surface area contributed by atoms with Crippen molar-refractivity contribution >= 4 is 25.6 Å². The van der Waals surface area contributed by atoms with Crippen molar-refractivity contribution in [3.63, 3.8) is 0 Å². The number of nitrogens with one attached hydrogen (secondary N) is 1. The minimum atomic E-state index is -4.00. The summed E-state index contributed by atoms with van der Waals surface area (Å²) in [5.41, 5.74) is 0.167. The second-order valence-electron chi connectivity index (χ2n) is 5.44. The summed E-state index contributed by atoms with van der Waals surface area (Å²) in [6.07, 6.45) is 1.81. The molecule has 2 rings (SSSR count). The Hall–Kier alpha value is -1.08. The van der Waals surface area contributed by atoms with Gasteiger partial charge in [0.25, 0.3) is 15.0 Å². The van der Waals surface area contributed by atoms with Crippen LogP contribution < -0.4 is 0 Å². The summed E-state index contributed by atoms with van der Waals surface area (Å²) in [6, 6.07) is 0.0640. The number of amides is 1. The highest BCUT2D eigenvalue weighted by Crippen LogP contribution is 2.27. The molecule has 1 saturated heterocycles. The van der Waals surface area contributed by atoms with Crippen LogP contribution in [-0.2, 0) is 9.05 Å². The Morgan fingerprint density at radius 2 is 2.10 bits per heavy atom. The third kappa shape index (κ3) is 2.83. The van der Waals surface area contributed by atoms with Crippen LogP contribution in [0.1, 0.15) is 42.9 Å². The zero-order chi connectivity index (χ0) is 15.1. The first-order chi connectivity index (χ1) is 9.21. The van der Waals surface area contributed by atoms with Crippen LogP contribution in [0.5, 0.6) is 0 Å². The number of likely N-dealkylation sites (tertiary alicyclic amines) is 1. The van der Waals surface area contributed by atoms with Gasteiger partial charge in [-0.1, -0.05) is 6.92 Å². The lowest BCUT2D eigenvalue weighted by atomic mass is 9.93. The fourth-order valence-electron chi connectivity index (χ4n) is 2.71. The molecule has 1 aliphatic heterocycles. The van der Waals surface area contributed by atoms with E-state index in [9.17, 15) is 13.2 Å². The fraction of sp³-hybridized carbons (Fsp3) is 0.667. The molecule has 112 valence electrons. The summed E-state index contributed by atoms with van der Waals surface area (Å²) in [5.74, 6) is 0.180. The standard InChI is InChI=1S/C12H18ClN3O3S/c1-7-4-5-16(8(2)6-7)12(17)10-11(20(13,18)19)9(3)14-15-10/h7-8H,4-6H2,1-3H3,(H,14,15). The number of carbonyl (C=O) groups excluding carboxylic acids is 1. The van der Waals surface area contributed by atoms with Crippen LogP contribution in [0, 0.1) is 12.8 Å². The molecule has 2 atom stereocenters. The third-order valence-corrected chi connectivity index (χ3v) is 5.19. The van der Waals surface area contributed by atoms with Crippen molar-refractivity contribution in [3.05, 3.63) is 11.4 Å². The molecule has 0 spiro atoms. The molecule has 6 nitrogen and oxygen atoms in total. The van der Waals surface area contributed by atoms with Crippen LogP contribution >= 0.6 is 10.7 Å². The van der Waals surface area contributed by atoms with Gasteiger partial charge >= 0.3 is 0 Å². The molecule has 2 unspecified atom stereocenters. The number of nitrogens with zero attached hydrogens (tertiary/aromatic N) is 2. The highest BCUT2D eigenvalue weighted by Gasteiger charge is 2.33. The predicted molar refractivity (Wildman–Crippen MR) is 75.3 cm³/mol. The van der Waals surface area contributed by atoms with E-state index in [0.29, 0.717) is 12.5 Å². The van der Waals surface area contributed by atoms with E-state index in [1.165, 1.54) is 6.92 Å². The number of carbonyl (C=O) groups is 1. The first kappa shape index (κ1) is 15.3. The number of rotatable bonds is 2. The first-order valence-electron chi connectivity index (χ1n) is 6.52. The molecule has 0 aromatic carbocycles. The van der Waals surface area contributed by atoms with Crippen LogP contribution in [0.3, 0.4) is 0 Å². The van der Waals surface area contributed by atoms with Crippen LogP contribution in [0.25, 0.3) is 0 Å². The molecule has 1 aromatic rings. The van der Waals surface area contributed by atoms with Crippen molar-refractivity contribution in [2.45, 2.75) is 44.6 Å². The predicted octanol–water partition coefficient (Wildman–Crippen LogP) is 1.91. The van der Waals surface area contributed by atoms with E-state index in [0.717, 1.165) is 12.8 Å². The average Bonchev–Trinajstić information content (AvgIpc) is 2.70. The second-order valence-corrected chi connectivity index (χ2v) is 7.94. The number of halogens is 1. The number of hydrogen-bond donors (Lipinski definition) is 1. The second kappa shape index (κ2) is 5.37. The lowest BCUT2D eigenvalue weighted by molar-refractivity contribution is 0.0578. The summed E-state index contributed by atoms with van der Waals surface area (Å²) < 4.78 is 23.2. The van der Waals surface area contributed by atoms with E-state index in [4.69, 9.17) is 10.7 Å². The molecular formula is C12H18ClN3O3S. The van der Waals surface area contributed by atoms with E-state index < -0.39 is 9.05 Å². The van der Waals surface area contributed by atoms with Crippen molar-refractivity contribution in [2.75, 3.05) is 6.54 Å². The third-order valence-electron chi connectivity index (χ3n) is 3.74. The van der Waals surface area contributed by atoms with E-state index in [-0.39, 0.29) is 28.2 Å². The Morgan fingerprint density at radius 3 is 2.65 bits per heavy atom. The lowest BCUT2D eigenvalue weighted by Gasteiger charge is -2.36. The average molecular weight is 320 g/mol. The highest BCUT2D eigenvalue weighted by molar-refractivity contribution is 8.13. The van der Waals surface area contributed by atoms with Gasteiger partial charge in [-0.25, -0.2) is 8.42 Å². The Kier molecular flexibility index (Phi) is 4.11. The lowest BCUT2D eigenvalue weighted by Crippen LogP contribution is -2.44. The molecule has 0 saturated carbocycles. The van der Waals surface area contributed by atoms with Gasteiger partial charge in [0.1, 0.15) is 4.90 Å². The summed E-state index contributed by atoms with van der Waals surface area (Å²) in [6.45, 7) is 6.24. The maximum atomic E-state index is 12.5. The topological polar surface area (TPSA) is 83.1 Å². The van der Waals surface area contributed by atoms with Crippen LogP contribution in [0.15, 0.2) is 4.90 Å². The van der Waals surface area contributed by atoms with Gasteiger partial charge < -0.3 is 4.90 Å². The van der Waals surface area contributed by atoms with Crippen molar-refractivity contribution in [1.29, 1.82) is 0 Å². The smallest absolute Gasteiger partial charge is 0.276 e. The maximum Gasteiger partial charge on any atom is 0.276 e. The molecule has 1 aliphatic rings. The van der Waals surface area contributed by atoms with Gasteiger partial charge in [-0.05, 0) is 32.6 Å². The summed E-state index contributed by atoms with van der Waals surface area (Å²) in [7, 11) is 1.39. The van der Waals surface area contributed by atoms with E-state index in [2.05, 4.69) is 17.1 Å². The molecule has 1 N–H and O–H groups in total. The van der Waals surface area contributed by atoms with Crippen molar-refractivity contribution in [2.24, 2.45) is 5.92 Å². The normalized spacial score (nSPS) is 23.9. The van der Waals surface area contributed by atoms with E-state index in [1.807, 2.05) is 6.92 Å². The number of H-pyrrole nitrogens is 1. The minimum absolute atomic E-state index is 0.0640. The molecule has 0 bridgehead atoms. The Balaban J connectivity index is 2.36. The van der Waals surface area contributed by atoms with Gasteiger partial charge in [0.2, 0.25) is 0 Å². The zero-order valence-electron chi connectivity index (χ0n) is 11.7. The number of hydrogen-bond acceptors (Lipinski definition) is 4. The molecular weight excluding hydrogens is 302 g/mol. The van der Waals surface area contributed by atoms with Crippen LogP contribution in [0.4, 0.5) is 0 Å². The van der Waals surface area contributed by atoms with Crippen molar-refractivity contribution in [3.8, 4) is 0 Å². The van der Waals surface area contributed by atoms with Gasteiger partial charge in [-0.3, -0.25) is 9.89 Å². The number of piperidine rings is 1. The quantitative estimate of drug-likeness (QED) is 0.844. The van der Waals surface area contributed by atoms with Gasteiger partial charge in [0.15, 0.2) is 5.69 Å². The molecule has 1 amide bonds. The molecule has 1 aromatic heterocycles.